The Morgan fingerprint density at radius 1 is 1.26 bits per heavy atom. The van der Waals surface area contributed by atoms with Crippen LogP contribution in [0.2, 0.25) is 0 Å². The van der Waals surface area contributed by atoms with E-state index in [9.17, 15) is 14.7 Å². The van der Waals surface area contributed by atoms with Crippen molar-refractivity contribution in [1.29, 1.82) is 0 Å². The van der Waals surface area contributed by atoms with E-state index in [4.69, 9.17) is 0 Å². The zero-order valence-corrected chi connectivity index (χ0v) is 16.0. The fraction of sp³-hybridized carbons (Fsp3) is 0.238. The molecule has 0 aliphatic carbocycles. The van der Waals surface area contributed by atoms with Gasteiger partial charge in [-0.05, 0) is 36.4 Å². The molecule has 3 aromatic rings. The number of aromatic nitrogens is 1. The molecule has 1 aliphatic rings. The molecular formula is C21H20N2O3S. The molecule has 3 heterocycles. The Morgan fingerprint density at radius 3 is 2.74 bits per heavy atom. The van der Waals surface area contributed by atoms with E-state index in [2.05, 4.69) is 4.98 Å². The Labute approximate surface area is 160 Å². The zero-order chi connectivity index (χ0) is 19.1. The van der Waals surface area contributed by atoms with Crippen molar-refractivity contribution in [3.05, 3.63) is 63.5 Å². The molecule has 1 aliphatic heterocycles. The largest absolute Gasteiger partial charge is 0.507 e. The monoisotopic (exact) mass is 380 g/mol. The molecule has 0 saturated carbocycles. The van der Waals surface area contributed by atoms with Gasteiger partial charge in [0.25, 0.3) is 11.7 Å². The first-order valence-electron chi connectivity index (χ1n) is 8.93. The Kier molecular flexibility index (Phi) is 4.36. The first-order valence-corrected chi connectivity index (χ1v) is 9.81. The Balaban J connectivity index is 1.95. The van der Waals surface area contributed by atoms with E-state index in [-0.39, 0.29) is 11.3 Å². The molecule has 2 N–H and O–H groups in total. The van der Waals surface area contributed by atoms with Crippen LogP contribution in [-0.4, -0.2) is 33.2 Å². The fourth-order valence-corrected chi connectivity index (χ4v) is 4.75. The summed E-state index contributed by atoms with van der Waals surface area (Å²) < 4.78 is 0. The normalized spacial score (nSPS) is 19.3. The predicted octanol–water partition coefficient (Wildman–Crippen LogP) is 4.37. The number of ketones is 1. The van der Waals surface area contributed by atoms with E-state index in [0.29, 0.717) is 12.1 Å². The molecule has 1 atom stereocenters. The number of aliphatic hydroxyl groups is 1. The average molecular weight is 380 g/mol. The predicted molar refractivity (Wildman–Crippen MR) is 107 cm³/mol. The van der Waals surface area contributed by atoms with Crippen molar-refractivity contribution in [3.63, 3.8) is 0 Å². The number of benzene rings is 1. The van der Waals surface area contributed by atoms with Crippen LogP contribution in [0.4, 0.5) is 0 Å². The van der Waals surface area contributed by atoms with E-state index in [1.807, 2.05) is 49.6 Å². The summed E-state index contributed by atoms with van der Waals surface area (Å²) in [4.78, 5) is 31.2. The molecule has 1 aromatic carbocycles. The molecule has 6 heteroatoms. The lowest BCUT2D eigenvalue weighted by molar-refractivity contribution is -0.139. The van der Waals surface area contributed by atoms with Gasteiger partial charge >= 0.3 is 0 Å². The van der Waals surface area contributed by atoms with Crippen molar-refractivity contribution < 1.29 is 14.7 Å². The van der Waals surface area contributed by atoms with Gasteiger partial charge in [0.1, 0.15) is 5.76 Å². The van der Waals surface area contributed by atoms with E-state index < -0.39 is 17.7 Å². The molecule has 4 rings (SSSR count). The van der Waals surface area contributed by atoms with E-state index >= 15 is 0 Å². The number of para-hydroxylation sites is 1. The molecule has 0 spiro atoms. The summed E-state index contributed by atoms with van der Waals surface area (Å²) >= 11 is 1.50. The number of aryl methyl sites for hydroxylation is 1. The molecule has 1 fully saturated rings. The van der Waals surface area contributed by atoms with Crippen molar-refractivity contribution in [1.82, 2.24) is 9.88 Å². The van der Waals surface area contributed by atoms with Crippen LogP contribution < -0.4 is 0 Å². The Hall–Kier alpha value is -2.86. The number of hydrogen-bond donors (Lipinski definition) is 2. The Bertz CT molecular complexity index is 1080. The van der Waals surface area contributed by atoms with Crippen molar-refractivity contribution in [3.8, 4) is 0 Å². The number of carbonyl (C=O) groups excluding carboxylic acids is 2. The quantitative estimate of drug-likeness (QED) is 0.401. The van der Waals surface area contributed by atoms with E-state index in [1.165, 1.54) is 11.3 Å². The van der Waals surface area contributed by atoms with Gasteiger partial charge in [0.2, 0.25) is 0 Å². The molecular weight excluding hydrogens is 360 g/mol. The second kappa shape index (κ2) is 6.70. The highest BCUT2D eigenvalue weighted by Crippen LogP contribution is 2.43. The minimum absolute atomic E-state index is 0.123. The van der Waals surface area contributed by atoms with Gasteiger partial charge in [0.15, 0.2) is 0 Å². The van der Waals surface area contributed by atoms with Gasteiger partial charge in [-0.3, -0.25) is 9.59 Å². The van der Waals surface area contributed by atoms with E-state index in [0.717, 1.165) is 27.8 Å². The average Bonchev–Trinajstić information content (AvgIpc) is 3.34. The molecule has 2 aromatic heterocycles. The van der Waals surface area contributed by atoms with Crippen LogP contribution in [0.5, 0.6) is 0 Å². The van der Waals surface area contributed by atoms with Crippen LogP contribution in [0.15, 0.2) is 47.5 Å². The topological polar surface area (TPSA) is 73.4 Å². The minimum Gasteiger partial charge on any atom is -0.507 e. The number of likely N-dealkylation sites (tertiary alicyclic amines) is 1. The second-order valence-corrected chi connectivity index (χ2v) is 7.66. The number of H-pyrrole nitrogens is 1. The summed E-state index contributed by atoms with van der Waals surface area (Å²) in [6.45, 7) is 4.40. The summed E-state index contributed by atoms with van der Waals surface area (Å²) in [6.07, 6.45) is 2.42. The number of amides is 1. The summed E-state index contributed by atoms with van der Waals surface area (Å²) in [5.74, 6) is -1.29. The molecule has 1 amide bonds. The molecule has 0 radical (unpaired) electrons. The minimum atomic E-state index is -0.621. The van der Waals surface area contributed by atoms with Crippen LogP contribution in [0.1, 0.15) is 35.4 Å². The van der Waals surface area contributed by atoms with Gasteiger partial charge in [0.05, 0.1) is 11.6 Å². The standard InChI is InChI=1S/C21H20N2O3S/c1-3-9-23-17(20-12(2)8-10-27-20)16(19(25)21(23)26)18(24)14-11-22-15-7-5-4-6-13(14)15/h4-8,10-11,17,22,24H,3,9H2,1-2H3/b18-16+. The number of Topliss-reactive ketones (excluding diaryl/α,β-unsaturated/α-hetero) is 1. The number of carbonyl (C=O) groups is 2. The SMILES string of the molecule is CCCN1C(=O)C(=O)/C(=C(/O)c2c[nH]c3ccccc23)C1c1sccc1C. The molecule has 5 nitrogen and oxygen atoms in total. The van der Waals surface area contributed by atoms with Crippen LogP contribution in [0, 0.1) is 6.92 Å². The molecule has 1 saturated heterocycles. The van der Waals surface area contributed by atoms with E-state index in [1.54, 1.807) is 11.1 Å². The lowest BCUT2D eigenvalue weighted by Gasteiger charge is -2.24. The summed E-state index contributed by atoms with van der Waals surface area (Å²) in [5, 5.41) is 13.9. The first-order chi connectivity index (χ1) is 13.0. The summed E-state index contributed by atoms with van der Waals surface area (Å²) in [5.41, 5.74) is 2.59. The maximum atomic E-state index is 12.9. The number of nitrogens with one attached hydrogen (secondary N) is 1. The third kappa shape index (κ3) is 2.68. The van der Waals surface area contributed by atoms with Gasteiger partial charge in [-0.2, -0.15) is 0 Å². The number of rotatable bonds is 4. The highest BCUT2D eigenvalue weighted by molar-refractivity contribution is 7.10. The smallest absolute Gasteiger partial charge is 0.295 e. The third-order valence-corrected chi connectivity index (χ3v) is 6.07. The van der Waals surface area contributed by atoms with Crippen molar-refractivity contribution in [2.75, 3.05) is 6.54 Å². The van der Waals surface area contributed by atoms with Gasteiger partial charge < -0.3 is 15.0 Å². The van der Waals surface area contributed by atoms with Crippen molar-refractivity contribution in [2.24, 2.45) is 0 Å². The van der Waals surface area contributed by atoms with Crippen LogP contribution in [-0.2, 0) is 9.59 Å². The van der Waals surface area contributed by atoms with Gasteiger partial charge in [0, 0.05) is 34.1 Å². The summed E-state index contributed by atoms with van der Waals surface area (Å²) in [6, 6.07) is 8.99. The molecule has 1 unspecified atom stereocenters. The zero-order valence-electron chi connectivity index (χ0n) is 15.2. The Morgan fingerprint density at radius 2 is 2.04 bits per heavy atom. The lowest BCUT2D eigenvalue weighted by atomic mass is 9.98. The maximum absolute atomic E-state index is 12.9. The van der Waals surface area contributed by atoms with Crippen molar-refractivity contribution in [2.45, 2.75) is 26.3 Å². The molecule has 138 valence electrons. The fourth-order valence-electron chi connectivity index (χ4n) is 3.70. The van der Waals surface area contributed by atoms with Crippen LogP contribution in [0.3, 0.4) is 0 Å². The second-order valence-electron chi connectivity index (χ2n) is 6.71. The highest BCUT2D eigenvalue weighted by Gasteiger charge is 2.46. The maximum Gasteiger partial charge on any atom is 0.295 e. The third-order valence-electron chi connectivity index (χ3n) is 5.00. The first kappa shape index (κ1) is 17.5. The molecule has 27 heavy (non-hydrogen) atoms. The number of fused-ring (bicyclic) bond motifs is 1. The van der Waals surface area contributed by atoms with Crippen LogP contribution in [0.25, 0.3) is 16.7 Å². The number of aromatic amines is 1. The van der Waals surface area contributed by atoms with Crippen molar-refractivity contribution >= 4 is 39.7 Å². The van der Waals surface area contributed by atoms with Gasteiger partial charge in [-0.15, -0.1) is 11.3 Å². The number of hydrogen-bond acceptors (Lipinski definition) is 4. The highest BCUT2D eigenvalue weighted by atomic mass is 32.1. The summed E-state index contributed by atoms with van der Waals surface area (Å²) in [7, 11) is 0. The van der Waals surface area contributed by atoms with Gasteiger partial charge in [-0.25, -0.2) is 0 Å². The van der Waals surface area contributed by atoms with Crippen LogP contribution >= 0.6 is 11.3 Å². The molecule has 0 bridgehead atoms. The number of nitrogens with zero attached hydrogens (tertiary/aromatic N) is 1. The number of thiophene rings is 1. The van der Waals surface area contributed by atoms with Gasteiger partial charge in [-0.1, -0.05) is 25.1 Å². The lowest BCUT2D eigenvalue weighted by Crippen LogP contribution is -2.30. The number of aliphatic hydroxyl groups excluding tert-OH is 1.